The van der Waals surface area contributed by atoms with Gasteiger partial charge in [-0.1, -0.05) is 24.3 Å². The molecular weight excluding hydrogens is 264 g/mol. The monoisotopic (exact) mass is 282 g/mol. The van der Waals surface area contributed by atoms with E-state index >= 15 is 0 Å². The average molecular weight is 282 g/mol. The minimum Gasteiger partial charge on any atom is -0.327 e. The van der Waals surface area contributed by atoms with Crippen molar-refractivity contribution in [2.45, 2.75) is 26.2 Å². The van der Waals surface area contributed by atoms with E-state index in [1.165, 1.54) is 11.1 Å². The second kappa shape index (κ2) is 5.56. The lowest BCUT2D eigenvalue weighted by Gasteiger charge is -2.23. The fourth-order valence-corrected chi connectivity index (χ4v) is 2.84. The van der Waals surface area contributed by atoms with Gasteiger partial charge in [0.05, 0.1) is 5.69 Å². The highest BCUT2D eigenvalue weighted by atomic mass is 16.2. The summed E-state index contributed by atoms with van der Waals surface area (Å²) < 4.78 is 0. The maximum absolute atomic E-state index is 12.4. The van der Waals surface area contributed by atoms with E-state index in [1.807, 2.05) is 12.1 Å². The van der Waals surface area contributed by atoms with Crippen LogP contribution in [0.3, 0.4) is 0 Å². The number of pyridine rings is 1. The molecule has 0 aliphatic heterocycles. The van der Waals surface area contributed by atoms with E-state index in [0.717, 1.165) is 19.3 Å². The predicted molar refractivity (Wildman–Crippen MR) is 82.4 cm³/mol. The number of aryl methyl sites for hydroxylation is 2. The molecule has 4 nitrogen and oxygen atoms in total. The third kappa shape index (κ3) is 2.89. The highest BCUT2D eigenvalue weighted by Gasteiger charge is 2.24. The zero-order valence-corrected chi connectivity index (χ0v) is 12.0. The third-order valence-electron chi connectivity index (χ3n) is 4.07. The molecule has 1 unspecified atom stereocenters. The molecule has 1 aliphatic carbocycles. The summed E-state index contributed by atoms with van der Waals surface area (Å²) in [5.74, 6) is 0.0167. The summed E-state index contributed by atoms with van der Waals surface area (Å²) in [5.41, 5.74) is 3.74. The van der Waals surface area contributed by atoms with Crippen molar-refractivity contribution in [3.63, 3.8) is 0 Å². The molecule has 3 rings (SSSR count). The molecule has 2 aromatic rings. The maximum Gasteiger partial charge on any atom is 0.250 e. The Bertz CT molecular complexity index is 734. The topological polar surface area (TPSA) is 62.0 Å². The molecule has 1 aromatic heterocycles. The van der Waals surface area contributed by atoms with Crippen LogP contribution in [-0.4, -0.2) is 10.9 Å². The number of aromatic nitrogens is 1. The Hall–Kier alpha value is -2.36. The van der Waals surface area contributed by atoms with Gasteiger partial charge in [0.2, 0.25) is 5.91 Å². The van der Waals surface area contributed by atoms with Crippen LogP contribution in [-0.2, 0) is 17.6 Å². The van der Waals surface area contributed by atoms with Gasteiger partial charge in [-0.25, -0.2) is 0 Å². The van der Waals surface area contributed by atoms with Crippen molar-refractivity contribution in [3.8, 4) is 0 Å². The van der Waals surface area contributed by atoms with Crippen molar-refractivity contribution in [1.82, 2.24) is 4.98 Å². The fraction of sp³-hybridized carbons (Fsp3) is 0.294. The number of carbonyl (C=O) groups is 1. The summed E-state index contributed by atoms with van der Waals surface area (Å²) in [4.78, 5) is 26.3. The van der Waals surface area contributed by atoms with Crippen LogP contribution in [0.2, 0.25) is 0 Å². The van der Waals surface area contributed by atoms with Crippen molar-refractivity contribution < 1.29 is 4.79 Å². The number of rotatable bonds is 2. The largest absolute Gasteiger partial charge is 0.327 e. The van der Waals surface area contributed by atoms with Gasteiger partial charge in [0.1, 0.15) is 0 Å². The highest BCUT2D eigenvalue weighted by Crippen LogP contribution is 2.26. The summed E-state index contributed by atoms with van der Waals surface area (Å²) in [5, 5.41) is 2.90. The van der Waals surface area contributed by atoms with E-state index in [-0.39, 0.29) is 17.4 Å². The van der Waals surface area contributed by atoms with E-state index < -0.39 is 0 Å². The molecular formula is C17H18N2O2. The Morgan fingerprint density at radius 3 is 2.81 bits per heavy atom. The number of aromatic amines is 1. The van der Waals surface area contributed by atoms with Gasteiger partial charge in [-0.05, 0) is 43.4 Å². The minimum absolute atomic E-state index is 0.00728. The molecule has 0 spiro atoms. The van der Waals surface area contributed by atoms with Crippen molar-refractivity contribution in [1.29, 1.82) is 0 Å². The molecule has 21 heavy (non-hydrogen) atoms. The van der Waals surface area contributed by atoms with Gasteiger partial charge in [-0.3, -0.25) is 9.59 Å². The normalized spacial score (nSPS) is 17.1. The van der Waals surface area contributed by atoms with Crippen LogP contribution in [0.15, 0.2) is 41.3 Å². The number of carbonyl (C=O) groups excluding carboxylic acids is 1. The molecule has 2 N–H and O–H groups in total. The van der Waals surface area contributed by atoms with Gasteiger partial charge in [-0.15, -0.1) is 0 Å². The molecule has 0 saturated carbocycles. The Labute approximate surface area is 123 Å². The first kappa shape index (κ1) is 13.6. The van der Waals surface area contributed by atoms with E-state index in [4.69, 9.17) is 0 Å². The predicted octanol–water partition coefficient (Wildman–Crippen LogP) is 2.43. The highest BCUT2D eigenvalue weighted by molar-refractivity contribution is 5.92. The van der Waals surface area contributed by atoms with Gasteiger partial charge in [-0.2, -0.15) is 0 Å². The van der Waals surface area contributed by atoms with E-state index in [0.29, 0.717) is 11.3 Å². The van der Waals surface area contributed by atoms with Gasteiger partial charge < -0.3 is 10.3 Å². The van der Waals surface area contributed by atoms with Crippen LogP contribution in [0.1, 0.15) is 23.1 Å². The smallest absolute Gasteiger partial charge is 0.250 e. The second-order valence-corrected chi connectivity index (χ2v) is 5.60. The van der Waals surface area contributed by atoms with Crippen LogP contribution >= 0.6 is 0 Å². The molecule has 0 fully saturated rings. The van der Waals surface area contributed by atoms with Gasteiger partial charge in [0, 0.05) is 17.7 Å². The average Bonchev–Trinajstić information content (AvgIpc) is 2.50. The Morgan fingerprint density at radius 2 is 2.05 bits per heavy atom. The molecule has 0 saturated heterocycles. The molecule has 1 heterocycles. The molecule has 108 valence electrons. The van der Waals surface area contributed by atoms with Crippen LogP contribution in [0.5, 0.6) is 0 Å². The fourth-order valence-electron chi connectivity index (χ4n) is 2.84. The maximum atomic E-state index is 12.4. The number of benzene rings is 1. The van der Waals surface area contributed by atoms with Gasteiger partial charge >= 0.3 is 0 Å². The zero-order valence-electron chi connectivity index (χ0n) is 12.0. The van der Waals surface area contributed by atoms with E-state index in [9.17, 15) is 9.59 Å². The lowest BCUT2D eigenvalue weighted by Crippen LogP contribution is -2.28. The number of fused-ring (bicyclic) bond motifs is 1. The Morgan fingerprint density at radius 1 is 1.29 bits per heavy atom. The molecule has 0 bridgehead atoms. The van der Waals surface area contributed by atoms with Crippen molar-refractivity contribution in [3.05, 3.63) is 63.6 Å². The number of anilines is 1. The first-order valence-corrected chi connectivity index (χ1v) is 7.20. The number of nitrogens with one attached hydrogen (secondary N) is 2. The molecule has 1 aromatic carbocycles. The zero-order chi connectivity index (χ0) is 14.8. The molecule has 1 aliphatic rings. The number of hydrogen-bond acceptors (Lipinski definition) is 2. The third-order valence-corrected chi connectivity index (χ3v) is 4.07. The van der Waals surface area contributed by atoms with Crippen LogP contribution in [0, 0.1) is 12.8 Å². The summed E-state index contributed by atoms with van der Waals surface area (Å²) in [6, 6.07) is 9.99. The van der Waals surface area contributed by atoms with Crippen molar-refractivity contribution in [2.24, 2.45) is 5.92 Å². The molecule has 1 atom stereocenters. The summed E-state index contributed by atoms with van der Waals surface area (Å²) in [7, 11) is 0. The van der Waals surface area contributed by atoms with Gasteiger partial charge in [0.25, 0.3) is 5.56 Å². The molecule has 0 radical (unpaired) electrons. The van der Waals surface area contributed by atoms with E-state index in [2.05, 4.69) is 22.4 Å². The van der Waals surface area contributed by atoms with Crippen molar-refractivity contribution >= 4 is 11.6 Å². The lowest BCUT2D eigenvalue weighted by molar-refractivity contribution is -0.120. The molecule has 4 heteroatoms. The first-order valence-electron chi connectivity index (χ1n) is 7.20. The standard InChI is InChI=1S/C17H18N2O2/c1-11-8-15(10-18-16(11)20)19-17(21)14-7-6-12-4-2-3-5-13(12)9-14/h2-5,8,10,14H,6-7,9H2,1H3,(H,18,20)(H,19,21). The minimum atomic E-state index is -0.125. The summed E-state index contributed by atoms with van der Waals surface area (Å²) in [6.45, 7) is 1.73. The first-order chi connectivity index (χ1) is 10.1. The van der Waals surface area contributed by atoms with Gasteiger partial charge in [0.15, 0.2) is 0 Å². The van der Waals surface area contributed by atoms with Crippen LogP contribution in [0.4, 0.5) is 5.69 Å². The quantitative estimate of drug-likeness (QED) is 0.888. The van der Waals surface area contributed by atoms with Crippen molar-refractivity contribution in [2.75, 3.05) is 5.32 Å². The Balaban J connectivity index is 1.72. The number of amides is 1. The molecule has 1 amide bonds. The second-order valence-electron chi connectivity index (χ2n) is 5.60. The SMILES string of the molecule is Cc1cc(NC(=O)C2CCc3ccccc3C2)c[nH]c1=O. The summed E-state index contributed by atoms with van der Waals surface area (Å²) >= 11 is 0. The lowest BCUT2D eigenvalue weighted by atomic mass is 9.83. The summed E-state index contributed by atoms with van der Waals surface area (Å²) in [6.07, 6.45) is 4.14. The van der Waals surface area contributed by atoms with Crippen LogP contribution in [0.25, 0.3) is 0 Å². The Kier molecular flexibility index (Phi) is 3.60. The van der Waals surface area contributed by atoms with Crippen LogP contribution < -0.4 is 10.9 Å². The van der Waals surface area contributed by atoms with E-state index in [1.54, 1.807) is 19.2 Å². The number of hydrogen-bond donors (Lipinski definition) is 2. The number of H-pyrrole nitrogens is 1.